The molecule has 0 aliphatic rings. The van der Waals surface area contributed by atoms with Crippen LogP contribution in [0.15, 0.2) is 0 Å². The molecule has 0 saturated carbocycles. The van der Waals surface area contributed by atoms with Crippen molar-refractivity contribution < 1.29 is 56.9 Å². The van der Waals surface area contributed by atoms with E-state index >= 15 is 0 Å². The van der Waals surface area contributed by atoms with Gasteiger partial charge < -0.3 is 4.55 Å². The minimum atomic E-state index is -7.67. The second-order valence-electron chi connectivity index (χ2n) is 3.08. The van der Waals surface area contributed by atoms with Gasteiger partial charge in [0.15, 0.2) is 0 Å². The summed E-state index contributed by atoms with van der Waals surface area (Å²) in [6.07, 6.45) is -19.9. The van der Waals surface area contributed by atoms with Crippen LogP contribution in [0.25, 0.3) is 0 Å². The van der Waals surface area contributed by atoms with Crippen LogP contribution in [0.5, 0.6) is 0 Å². The van der Waals surface area contributed by atoms with Crippen molar-refractivity contribution in [2.45, 2.75) is 29.4 Å². The molecule has 0 heterocycles. The third-order valence-electron chi connectivity index (χ3n) is 1.76. The highest BCUT2D eigenvalue weighted by Crippen LogP contribution is 2.53. The van der Waals surface area contributed by atoms with Crippen molar-refractivity contribution >= 4 is 10.1 Å². The van der Waals surface area contributed by atoms with Crippen molar-refractivity contribution in [2.75, 3.05) is 0 Å². The lowest BCUT2D eigenvalue weighted by Crippen LogP contribution is -2.66. The highest BCUT2D eigenvalue weighted by atomic mass is 32.2. The van der Waals surface area contributed by atoms with E-state index in [0.717, 1.165) is 0 Å². The largest absolute Gasteiger partial charge is 0.745 e. The van der Waals surface area contributed by atoms with Gasteiger partial charge >= 0.3 is 23.3 Å². The predicted molar refractivity (Wildman–Crippen MR) is 35.5 cm³/mol. The SMILES string of the molecule is O=S(=O)([O-])C(F)(C(F)C(F)(F)F)C(F)(F)C(F)(F)F. The quantitative estimate of drug-likeness (QED) is 0.589. The van der Waals surface area contributed by atoms with Gasteiger partial charge in [0.2, 0.25) is 6.17 Å². The Morgan fingerprint density at radius 2 is 1.16 bits per heavy atom. The molecule has 0 aromatic heterocycles. The number of halogens is 10. The van der Waals surface area contributed by atoms with E-state index in [4.69, 9.17) is 0 Å². The Bertz CT molecular complexity index is 435. The van der Waals surface area contributed by atoms with Gasteiger partial charge in [0.25, 0.3) is 0 Å². The molecule has 0 fully saturated rings. The minimum Gasteiger partial charge on any atom is -0.745 e. The smallest absolute Gasteiger partial charge is 0.458 e. The predicted octanol–water partition coefficient (Wildman–Crippen LogP) is 2.30. The summed E-state index contributed by atoms with van der Waals surface area (Å²) in [6, 6.07) is 0. The highest BCUT2D eigenvalue weighted by molar-refractivity contribution is 7.87. The fourth-order valence-corrected chi connectivity index (χ4v) is 1.66. The topological polar surface area (TPSA) is 57.2 Å². The lowest BCUT2D eigenvalue weighted by atomic mass is 10.1. The lowest BCUT2D eigenvalue weighted by molar-refractivity contribution is -0.336. The second kappa shape index (κ2) is 4.36. The summed E-state index contributed by atoms with van der Waals surface area (Å²) >= 11 is 0. The van der Waals surface area contributed by atoms with Gasteiger partial charge in [-0.2, -0.15) is 35.1 Å². The normalized spacial score (nSPS) is 19.9. The average molecular weight is 331 g/mol. The molecule has 0 aromatic carbocycles. The fraction of sp³-hybridized carbons (Fsp3) is 1.00. The molecule has 116 valence electrons. The molecule has 3 nitrogen and oxygen atoms in total. The van der Waals surface area contributed by atoms with E-state index in [2.05, 4.69) is 0 Å². The lowest BCUT2D eigenvalue weighted by Gasteiger charge is -2.38. The molecule has 0 aromatic rings. The molecule has 0 aliphatic heterocycles. The third-order valence-corrected chi connectivity index (χ3v) is 2.95. The van der Waals surface area contributed by atoms with Gasteiger partial charge in [0.1, 0.15) is 10.1 Å². The first kappa shape index (κ1) is 18.2. The van der Waals surface area contributed by atoms with Gasteiger partial charge in [0.05, 0.1) is 0 Å². The molecule has 14 heteroatoms. The summed E-state index contributed by atoms with van der Waals surface area (Å²) in [6.45, 7) is 0. The van der Waals surface area contributed by atoms with Gasteiger partial charge in [-0.1, -0.05) is 0 Å². The fourth-order valence-electron chi connectivity index (χ4n) is 0.847. The van der Waals surface area contributed by atoms with Crippen molar-refractivity contribution in [2.24, 2.45) is 0 Å². The molecule has 0 radical (unpaired) electrons. The van der Waals surface area contributed by atoms with Crippen LogP contribution < -0.4 is 0 Å². The molecule has 2 atom stereocenters. The van der Waals surface area contributed by atoms with E-state index in [0.29, 0.717) is 0 Å². The molecule has 0 N–H and O–H groups in total. The maximum absolute atomic E-state index is 13.0. The van der Waals surface area contributed by atoms with E-state index < -0.39 is 39.6 Å². The van der Waals surface area contributed by atoms with Crippen LogP contribution in [0.3, 0.4) is 0 Å². The Morgan fingerprint density at radius 1 is 0.842 bits per heavy atom. The van der Waals surface area contributed by atoms with Crippen molar-refractivity contribution in [1.82, 2.24) is 0 Å². The van der Waals surface area contributed by atoms with Gasteiger partial charge in [0, 0.05) is 0 Å². The molecule has 19 heavy (non-hydrogen) atoms. The van der Waals surface area contributed by atoms with Crippen molar-refractivity contribution in [3.05, 3.63) is 0 Å². The van der Waals surface area contributed by atoms with Crippen LogP contribution in [0.4, 0.5) is 43.9 Å². The summed E-state index contributed by atoms with van der Waals surface area (Å²) in [5.41, 5.74) is 0. The highest BCUT2D eigenvalue weighted by Gasteiger charge is 2.81. The first-order valence-electron chi connectivity index (χ1n) is 3.70. The van der Waals surface area contributed by atoms with Crippen molar-refractivity contribution in [1.29, 1.82) is 0 Å². The van der Waals surface area contributed by atoms with Crippen molar-refractivity contribution in [3.63, 3.8) is 0 Å². The minimum absolute atomic E-state index is 5.89. The second-order valence-corrected chi connectivity index (χ2v) is 4.58. The van der Waals surface area contributed by atoms with Gasteiger partial charge in [-0.15, -0.1) is 0 Å². The Kier molecular flexibility index (Phi) is 4.18. The molecular weight excluding hydrogens is 330 g/mol. The molecule has 0 aliphatic carbocycles. The van der Waals surface area contributed by atoms with E-state index in [1.165, 1.54) is 0 Å². The van der Waals surface area contributed by atoms with Gasteiger partial charge in [-0.05, 0) is 0 Å². The summed E-state index contributed by atoms with van der Waals surface area (Å²) in [5, 5.41) is -7.07. The number of hydrogen-bond acceptors (Lipinski definition) is 3. The summed E-state index contributed by atoms with van der Waals surface area (Å²) in [7, 11) is -7.67. The molecular formula is C5HF10O3S-. The van der Waals surface area contributed by atoms with Crippen molar-refractivity contribution in [3.8, 4) is 0 Å². The van der Waals surface area contributed by atoms with Crippen LogP contribution in [0.2, 0.25) is 0 Å². The maximum atomic E-state index is 13.0. The Hall–Kier alpha value is -0.790. The van der Waals surface area contributed by atoms with Crippen LogP contribution >= 0.6 is 0 Å². The number of hydrogen-bond donors (Lipinski definition) is 0. The zero-order valence-electron chi connectivity index (χ0n) is 7.99. The molecule has 0 amide bonds. The molecule has 0 bridgehead atoms. The standard InChI is InChI=1S/C5H2F10O3S/c6-1(3(8,9)10)2(7,19(16,17)18)4(11,12)5(13,14)15/h1H,(H,16,17,18)/p-1. The van der Waals surface area contributed by atoms with E-state index in [1.54, 1.807) is 0 Å². The maximum Gasteiger partial charge on any atom is 0.458 e. The van der Waals surface area contributed by atoms with E-state index in [-0.39, 0.29) is 0 Å². The molecule has 0 saturated heterocycles. The van der Waals surface area contributed by atoms with Gasteiger partial charge in [-0.25, -0.2) is 17.2 Å². The molecule has 0 rings (SSSR count). The Balaban J connectivity index is 6.31. The average Bonchev–Trinajstić information content (AvgIpc) is 2.09. The first-order chi connectivity index (χ1) is 7.90. The molecule has 2 unspecified atom stereocenters. The van der Waals surface area contributed by atoms with E-state index in [9.17, 15) is 56.9 Å². The monoisotopic (exact) mass is 331 g/mol. The number of alkyl halides is 10. The molecule has 0 spiro atoms. The summed E-state index contributed by atoms with van der Waals surface area (Å²) in [4.78, 5) is 0. The van der Waals surface area contributed by atoms with Gasteiger partial charge in [-0.3, -0.25) is 0 Å². The first-order valence-corrected chi connectivity index (χ1v) is 5.11. The van der Waals surface area contributed by atoms with E-state index in [1.807, 2.05) is 0 Å². The van der Waals surface area contributed by atoms with Crippen LogP contribution in [-0.2, 0) is 10.1 Å². The Morgan fingerprint density at radius 3 is 1.32 bits per heavy atom. The summed E-state index contributed by atoms with van der Waals surface area (Å²) in [5.74, 6) is -7.41. The van der Waals surface area contributed by atoms with Crippen LogP contribution in [0.1, 0.15) is 0 Å². The summed E-state index contributed by atoms with van der Waals surface area (Å²) < 4.78 is 150. The van der Waals surface area contributed by atoms with Crippen LogP contribution in [-0.4, -0.2) is 42.4 Å². The zero-order valence-corrected chi connectivity index (χ0v) is 8.81. The zero-order chi connectivity index (χ0) is 16.1. The number of rotatable bonds is 3. The van der Waals surface area contributed by atoms with Crippen LogP contribution in [0, 0.1) is 0 Å². The third kappa shape index (κ3) is 2.73. The Labute approximate surface area is 97.5 Å².